The van der Waals surface area contributed by atoms with E-state index >= 15 is 0 Å². The van der Waals surface area contributed by atoms with Crippen LogP contribution in [-0.4, -0.2) is 32.3 Å². The lowest BCUT2D eigenvalue weighted by atomic mass is 10.1. The highest BCUT2D eigenvalue weighted by Crippen LogP contribution is 2.35. The van der Waals surface area contributed by atoms with Crippen LogP contribution in [0.4, 0.5) is 5.69 Å². The first-order chi connectivity index (χ1) is 12.0. The van der Waals surface area contributed by atoms with Gasteiger partial charge < -0.3 is 19.2 Å². The van der Waals surface area contributed by atoms with Gasteiger partial charge in [0.05, 0.1) is 7.11 Å². The summed E-state index contributed by atoms with van der Waals surface area (Å²) in [4.78, 5) is 12.7. The molecular weight excluding hydrogens is 318 g/mol. The summed E-state index contributed by atoms with van der Waals surface area (Å²) in [6.45, 7) is 0. The molecule has 0 radical (unpaired) electrons. The number of benzene rings is 2. The summed E-state index contributed by atoms with van der Waals surface area (Å²) in [5, 5.41) is 9.65. The van der Waals surface area contributed by atoms with Crippen molar-refractivity contribution < 1.29 is 19.1 Å². The van der Waals surface area contributed by atoms with Gasteiger partial charge in [-0.2, -0.15) is 0 Å². The summed E-state index contributed by atoms with van der Waals surface area (Å²) in [5.41, 5.74) is 3.45. The number of carboxylic acid groups (broad SMARTS) is 1. The van der Waals surface area contributed by atoms with Gasteiger partial charge in [0.15, 0.2) is 11.3 Å². The average Bonchev–Trinajstić information content (AvgIpc) is 3.03. The SMILES string of the molecule is COc1cc(/C=C/C(=O)O)cc2cc(-c3ccc(N(C)C)cc3)oc12. The Morgan fingerprint density at radius 1 is 1.16 bits per heavy atom. The molecule has 25 heavy (non-hydrogen) atoms. The highest BCUT2D eigenvalue weighted by atomic mass is 16.5. The number of rotatable bonds is 5. The molecule has 0 unspecified atom stereocenters. The summed E-state index contributed by atoms with van der Waals surface area (Å²) in [6.07, 6.45) is 2.63. The zero-order valence-corrected chi connectivity index (χ0v) is 14.3. The molecule has 128 valence electrons. The minimum atomic E-state index is -0.993. The van der Waals surface area contributed by atoms with E-state index in [1.165, 1.54) is 6.08 Å². The average molecular weight is 337 g/mol. The van der Waals surface area contributed by atoms with Crippen LogP contribution in [0, 0.1) is 0 Å². The number of hydrogen-bond donors (Lipinski definition) is 1. The summed E-state index contributed by atoms with van der Waals surface area (Å²) in [5.74, 6) is 0.310. The van der Waals surface area contributed by atoms with Crippen LogP contribution in [0.25, 0.3) is 28.4 Å². The fraction of sp³-hybridized carbons (Fsp3) is 0.150. The number of hydrogen-bond acceptors (Lipinski definition) is 4. The molecule has 0 aliphatic carbocycles. The van der Waals surface area contributed by atoms with Gasteiger partial charge in [0.1, 0.15) is 5.76 Å². The van der Waals surface area contributed by atoms with Gasteiger partial charge in [-0.1, -0.05) is 0 Å². The van der Waals surface area contributed by atoms with Gasteiger partial charge in [-0.25, -0.2) is 4.79 Å². The van der Waals surface area contributed by atoms with E-state index in [2.05, 4.69) is 0 Å². The molecule has 3 rings (SSSR count). The molecule has 3 aromatic rings. The molecule has 0 aliphatic heterocycles. The summed E-state index contributed by atoms with van der Waals surface area (Å²) in [7, 11) is 5.55. The van der Waals surface area contributed by atoms with Crippen molar-refractivity contribution in [2.75, 3.05) is 26.1 Å². The number of furan rings is 1. The molecule has 0 saturated heterocycles. The van der Waals surface area contributed by atoms with Crippen LogP contribution in [0.1, 0.15) is 5.56 Å². The quantitative estimate of drug-likeness (QED) is 0.704. The number of carbonyl (C=O) groups is 1. The minimum Gasteiger partial charge on any atom is -0.493 e. The first-order valence-corrected chi connectivity index (χ1v) is 7.78. The predicted molar refractivity (Wildman–Crippen MR) is 99.2 cm³/mol. The molecule has 0 fully saturated rings. The van der Waals surface area contributed by atoms with Gasteiger partial charge >= 0.3 is 5.97 Å². The van der Waals surface area contributed by atoms with E-state index in [0.29, 0.717) is 11.3 Å². The van der Waals surface area contributed by atoms with Crippen molar-refractivity contribution in [1.82, 2.24) is 0 Å². The first-order valence-electron chi connectivity index (χ1n) is 7.78. The number of nitrogens with zero attached hydrogens (tertiary/aromatic N) is 1. The van der Waals surface area contributed by atoms with Crippen molar-refractivity contribution >= 4 is 28.7 Å². The minimum absolute atomic E-state index is 0.568. The van der Waals surface area contributed by atoms with Crippen LogP contribution in [0.5, 0.6) is 5.75 Å². The monoisotopic (exact) mass is 337 g/mol. The molecule has 1 N–H and O–H groups in total. The second kappa shape index (κ2) is 6.73. The van der Waals surface area contributed by atoms with Crippen LogP contribution < -0.4 is 9.64 Å². The first kappa shape index (κ1) is 16.6. The fourth-order valence-corrected chi connectivity index (χ4v) is 2.62. The number of anilines is 1. The molecule has 1 aromatic heterocycles. The highest BCUT2D eigenvalue weighted by Gasteiger charge is 2.12. The van der Waals surface area contributed by atoms with Gasteiger partial charge in [0.2, 0.25) is 0 Å². The molecule has 5 nitrogen and oxygen atoms in total. The molecule has 0 spiro atoms. The normalized spacial score (nSPS) is 11.2. The molecule has 0 amide bonds. The third-order valence-electron chi connectivity index (χ3n) is 3.91. The van der Waals surface area contributed by atoms with E-state index in [9.17, 15) is 4.79 Å². The predicted octanol–water partition coefficient (Wildman–Crippen LogP) is 4.27. The Labute approximate surface area is 145 Å². The van der Waals surface area contributed by atoms with E-state index in [0.717, 1.165) is 34.0 Å². The van der Waals surface area contributed by atoms with Gasteiger partial charge in [0.25, 0.3) is 0 Å². The molecule has 2 aromatic carbocycles. The maximum Gasteiger partial charge on any atom is 0.328 e. The van der Waals surface area contributed by atoms with Crippen LogP contribution >= 0.6 is 0 Å². The van der Waals surface area contributed by atoms with E-state index in [4.69, 9.17) is 14.3 Å². The Morgan fingerprint density at radius 2 is 1.88 bits per heavy atom. The number of ether oxygens (including phenoxy) is 1. The van der Waals surface area contributed by atoms with Crippen LogP contribution in [0.15, 0.2) is 53.0 Å². The number of fused-ring (bicyclic) bond motifs is 1. The standard InChI is InChI=1S/C20H19NO4/c1-21(2)16-7-5-14(6-8-16)17-12-15-10-13(4-9-19(22)23)11-18(24-3)20(15)25-17/h4-12H,1-3H3,(H,22,23)/b9-4+. The molecular formula is C20H19NO4. The second-order valence-electron chi connectivity index (χ2n) is 5.87. The van der Waals surface area contributed by atoms with Crippen LogP contribution in [-0.2, 0) is 4.79 Å². The Morgan fingerprint density at radius 3 is 2.48 bits per heavy atom. The topological polar surface area (TPSA) is 62.9 Å². The Bertz CT molecular complexity index is 936. The van der Waals surface area contributed by atoms with Gasteiger partial charge in [0, 0.05) is 36.8 Å². The molecule has 0 aliphatic rings. The smallest absolute Gasteiger partial charge is 0.328 e. The fourth-order valence-electron chi connectivity index (χ4n) is 2.62. The molecule has 0 bridgehead atoms. The second-order valence-corrected chi connectivity index (χ2v) is 5.87. The van der Waals surface area contributed by atoms with Crippen molar-refractivity contribution in [1.29, 1.82) is 0 Å². The highest BCUT2D eigenvalue weighted by molar-refractivity contribution is 5.91. The van der Waals surface area contributed by atoms with E-state index in [1.807, 2.05) is 55.4 Å². The van der Waals surface area contributed by atoms with Crippen LogP contribution in [0.2, 0.25) is 0 Å². The van der Waals surface area contributed by atoms with E-state index in [1.54, 1.807) is 13.2 Å². The van der Waals surface area contributed by atoms with Gasteiger partial charge in [-0.15, -0.1) is 0 Å². The van der Waals surface area contributed by atoms with Crippen molar-refractivity contribution in [2.45, 2.75) is 0 Å². The Balaban J connectivity index is 2.05. The number of aliphatic carboxylic acids is 1. The van der Waals surface area contributed by atoms with E-state index in [-0.39, 0.29) is 0 Å². The zero-order valence-electron chi connectivity index (χ0n) is 14.3. The maximum absolute atomic E-state index is 10.7. The largest absolute Gasteiger partial charge is 0.493 e. The summed E-state index contributed by atoms with van der Waals surface area (Å²) < 4.78 is 11.4. The number of methoxy groups -OCH3 is 1. The Kier molecular flexibility index (Phi) is 4.48. The molecule has 0 saturated carbocycles. The third kappa shape index (κ3) is 3.50. The summed E-state index contributed by atoms with van der Waals surface area (Å²) in [6, 6.07) is 13.6. The van der Waals surface area contributed by atoms with Crippen LogP contribution in [0.3, 0.4) is 0 Å². The molecule has 1 heterocycles. The van der Waals surface area contributed by atoms with Crippen molar-refractivity contribution in [3.05, 3.63) is 54.1 Å². The van der Waals surface area contributed by atoms with E-state index < -0.39 is 5.97 Å². The maximum atomic E-state index is 10.7. The molecule has 5 heteroatoms. The van der Waals surface area contributed by atoms with Crippen molar-refractivity contribution in [3.63, 3.8) is 0 Å². The number of carboxylic acids is 1. The third-order valence-corrected chi connectivity index (χ3v) is 3.91. The van der Waals surface area contributed by atoms with Gasteiger partial charge in [-0.05, 0) is 54.1 Å². The zero-order chi connectivity index (χ0) is 18.0. The molecule has 0 atom stereocenters. The van der Waals surface area contributed by atoms with Gasteiger partial charge in [-0.3, -0.25) is 0 Å². The lowest BCUT2D eigenvalue weighted by molar-refractivity contribution is -0.131. The lowest BCUT2D eigenvalue weighted by Gasteiger charge is -2.12. The van der Waals surface area contributed by atoms with Crippen molar-refractivity contribution in [3.8, 4) is 17.1 Å². The Hall–Kier alpha value is -3.21. The summed E-state index contributed by atoms with van der Waals surface area (Å²) >= 11 is 0. The lowest BCUT2D eigenvalue weighted by Crippen LogP contribution is -2.07. The van der Waals surface area contributed by atoms with Crippen molar-refractivity contribution in [2.24, 2.45) is 0 Å².